The van der Waals surface area contributed by atoms with Crippen molar-refractivity contribution in [2.75, 3.05) is 5.32 Å². The van der Waals surface area contributed by atoms with E-state index in [9.17, 15) is 13.2 Å². The molecule has 0 fully saturated rings. The fourth-order valence-electron chi connectivity index (χ4n) is 1.40. The van der Waals surface area contributed by atoms with Gasteiger partial charge in [0, 0.05) is 11.8 Å². The molecule has 0 unspecified atom stereocenters. The number of aromatic nitrogens is 1. The SMILES string of the molecule is FC(F)(F)c1ccccc1NCc1ccno1. The number of nitrogens with zero attached hydrogens (tertiary/aromatic N) is 1. The molecule has 17 heavy (non-hydrogen) atoms. The fourth-order valence-corrected chi connectivity index (χ4v) is 1.40. The summed E-state index contributed by atoms with van der Waals surface area (Å²) in [5, 5.41) is 6.14. The van der Waals surface area contributed by atoms with Crippen LogP contribution in [0.15, 0.2) is 41.1 Å². The topological polar surface area (TPSA) is 38.1 Å². The first kappa shape index (κ1) is 11.5. The Bertz CT molecular complexity index is 480. The summed E-state index contributed by atoms with van der Waals surface area (Å²) in [5.74, 6) is 0.474. The predicted octanol–water partition coefficient (Wildman–Crippen LogP) is 3.31. The first-order valence-corrected chi connectivity index (χ1v) is 4.87. The van der Waals surface area contributed by atoms with Crippen molar-refractivity contribution in [3.8, 4) is 0 Å². The summed E-state index contributed by atoms with van der Waals surface area (Å²) in [5.41, 5.74) is -0.670. The lowest BCUT2D eigenvalue weighted by Gasteiger charge is -2.13. The zero-order valence-corrected chi connectivity index (χ0v) is 8.66. The highest BCUT2D eigenvalue weighted by Crippen LogP contribution is 2.34. The number of hydrogen-bond donors (Lipinski definition) is 1. The van der Waals surface area contributed by atoms with Crippen LogP contribution >= 0.6 is 0 Å². The third-order valence-corrected chi connectivity index (χ3v) is 2.18. The number of para-hydroxylation sites is 1. The van der Waals surface area contributed by atoms with Gasteiger partial charge in [-0.1, -0.05) is 17.3 Å². The Labute approximate surface area is 95.2 Å². The van der Waals surface area contributed by atoms with Crippen molar-refractivity contribution in [2.24, 2.45) is 0 Å². The van der Waals surface area contributed by atoms with Crippen LogP contribution in [-0.4, -0.2) is 5.16 Å². The minimum atomic E-state index is -4.37. The molecule has 1 aromatic heterocycles. The maximum Gasteiger partial charge on any atom is 0.418 e. The second-order valence-electron chi connectivity index (χ2n) is 3.38. The van der Waals surface area contributed by atoms with Crippen molar-refractivity contribution < 1.29 is 17.7 Å². The highest BCUT2D eigenvalue weighted by molar-refractivity contribution is 5.52. The number of nitrogens with one attached hydrogen (secondary N) is 1. The van der Waals surface area contributed by atoms with E-state index in [1.165, 1.54) is 24.4 Å². The van der Waals surface area contributed by atoms with Gasteiger partial charge in [-0.2, -0.15) is 13.2 Å². The Morgan fingerprint density at radius 1 is 1.18 bits per heavy atom. The molecule has 1 heterocycles. The lowest BCUT2D eigenvalue weighted by atomic mass is 10.1. The molecule has 2 rings (SSSR count). The van der Waals surface area contributed by atoms with E-state index in [2.05, 4.69) is 10.5 Å². The van der Waals surface area contributed by atoms with Crippen LogP contribution < -0.4 is 5.32 Å². The summed E-state index contributed by atoms with van der Waals surface area (Å²) in [7, 11) is 0. The average molecular weight is 242 g/mol. The molecule has 0 aliphatic heterocycles. The lowest BCUT2D eigenvalue weighted by molar-refractivity contribution is -0.137. The van der Waals surface area contributed by atoms with Crippen molar-refractivity contribution >= 4 is 5.69 Å². The number of halogens is 3. The van der Waals surface area contributed by atoms with Crippen LogP contribution in [0.5, 0.6) is 0 Å². The molecular formula is C11H9F3N2O. The highest BCUT2D eigenvalue weighted by atomic mass is 19.4. The number of rotatable bonds is 3. The molecule has 0 radical (unpaired) electrons. The van der Waals surface area contributed by atoms with Gasteiger partial charge in [0.25, 0.3) is 0 Å². The molecular weight excluding hydrogens is 233 g/mol. The van der Waals surface area contributed by atoms with Gasteiger partial charge >= 0.3 is 6.18 Å². The van der Waals surface area contributed by atoms with Crippen molar-refractivity contribution in [2.45, 2.75) is 12.7 Å². The van der Waals surface area contributed by atoms with Crippen LogP contribution in [0.4, 0.5) is 18.9 Å². The minimum Gasteiger partial charge on any atom is -0.377 e. The Hall–Kier alpha value is -1.98. The summed E-state index contributed by atoms with van der Waals surface area (Å²) in [6.07, 6.45) is -2.93. The molecule has 0 aliphatic rings. The second-order valence-corrected chi connectivity index (χ2v) is 3.38. The molecule has 0 atom stereocenters. The molecule has 0 amide bonds. The molecule has 1 aromatic carbocycles. The van der Waals surface area contributed by atoms with Crippen LogP contribution in [0.25, 0.3) is 0 Å². The molecule has 0 bridgehead atoms. The summed E-state index contributed by atoms with van der Waals surface area (Å²) < 4.78 is 42.7. The van der Waals surface area contributed by atoms with Gasteiger partial charge in [0.1, 0.15) is 0 Å². The number of hydrogen-bond acceptors (Lipinski definition) is 3. The van der Waals surface area contributed by atoms with E-state index in [1.54, 1.807) is 6.07 Å². The monoisotopic (exact) mass is 242 g/mol. The molecule has 6 heteroatoms. The molecule has 0 saturated carbocycles. The van der Waals surface area contributed by atoms with Crippen molar-refractivity contribution in [1.82, 2.24) is 5.16 Å². The van der Waals surface area contributed by atoms with E-state index in [1.807, 2.05) is 0 Å². The van der Waals surface area contributed by atoms with E-state index in [-0.39, 0.29) is 12.2 Å². The quantitative estimate of drug-likeness (QED) is 0.897. The maximum absolute atomic E-state index is 12.6. The van der Waals surface area contributed by atoms with Gasteiger partial charge in [-0.05, 0) is 12.1 Å². The van der Waals surface area contributed by atoms with Crippen LogP contribution in [0.3, 0.4) is 0 Å². The zero-order chi connectivity index (χ0) is 12.3. The van der Waals surface area contributed by atoms with E-state index >= 15 is 0 Å². The van der Waals surface area contributed by atoms with Gasteiger partial charge in [0.2, 0.25) is 0 Å². The molecule has 2 aromatic rings. The molecule has 90 valence electrons. The molecule has 0 aliphatic carbocycles. The van der Waals surface area contributed by atoms with Gasteiger partial charge < -0.3 is 9.84 Å². The maximum atomic E-state index is 12.6. The smallest absolute Gasteiger partial charge is 0.377 e. The normalized spacial score (nSPS) is 11.5. The van der Waals surface area contributed by atoms with E-state index in [0.29, 0.717) is 5.76 Å². The van der Waals surface area contributed by atoms with Gasteiger partial charge in [-0.25, -0.2) is 0 Å². The van der Waals surface area contributed by atoms with Crippen molar-refractivity contribution in [3.63, 3.8) is 0 Å². The molecule has 3 nitrogen and oxygen atoms in total. The van der Waals surface area contributed by atoms with E-state index in [0.717, 1.165) is 6.07 Å². The van der Waals surface area contributed by atoms with Gasteiger partial charge in [0.15, 0.2) is 5.76 Å². The van der Waals surface area contributed by atoms with Crippen LogP contribution in [0, 0.1) is 0 Å². The third-order valence-electron chi connectivity index (χ3n) is 2.18. The van der Waals surface area contributed by atoms with Crippen molar-refractivity contribution in [1.29, 1.82) is 0 Å². The Morgan fingerprint density at radius 3 is 2.59 bits per heavy atom. The first-order chi connectivity index (χ1) is 8.07. The van der Waals surface area contributed by atoms with Crippen LogP contribution in [-0.2, 0) is 12.7 Å². The lowest BCUT2D eigenvalue weighted by Crippen LogP contribution is -2.10. The van der Waals surface area contributed by atoms with Crippen molar-refractivity contribution in [3.05, 3.63) is 47.9 Å². The van der Waals surface area contributed by atoms with Gasteiger partial charge in [0.05, 0.1) is 18.3 Å². The predicted molar refractivity (Wildman–Crippen MR) is 55.3 cm³/mol. The van der Waals surface area contributed by atoms with E-state index < -0.39 is 11.7 Å². The van der Waals surface area contributed by atoms with E-state index in [4.69, 9.17) is 4.52 Å². The number of anilines is 1. The molecule has 0 spiro atoms. The van der Waals surface area contributed by atoms with Crippen LogP contribution in [0.1, 0.15) is 11.3 Å². The zero-order valence-electron chi connectivity index (χ0n) is 8.66. The fraction of sp³-hybridized carbons (Fsp3) is 0.182. The van der Waals surface area contributed by atoms with Gasteiger partial charge in [-0.15, -0.1) is 0 Å². The summed E-state index contributed by atoms with van der Waals surface area (Å²) in [6.45, 7) is 0.160. The standard InChI is InChI=1S/C11H9F3N2O/c12-11(13,14)9-3-1-2-4-10(9)15-7-8-5-6-16-17-8/h1-6,15H,7H2. The van der Waals surface area contributed by atoms with Crippen LogP contribution in [0.2, 0.25) is 0 Å². The summed E-state index contributed by atoms with van der Waals surface area (Å²) in [4.78, 5) is 0. The highest BCUT2D eigenvalue weighted by Gasteiger charge is 2.33. The largest absolute Gasteiger partial charge is 0.418 e. The minimum absolute atomic E-state index is 0.0244. The Kier molecular flexibility index (Phi) is 3.03. The number of benzene rings is 1. The average Bonchev–Trinajstić information content (AvgIpc) is 2.78. The molecule has 1 N–H and O–H groups in total. The second kappa shape index (κ2) is 4.48. The number of alkyl halides is 3. The molecule has 0 saturated heterocycles. The Balaban J connectivity index is 2.16. The Morgan fingerprint density at radius 2 is 1.94 bits per heavy atom. The first-order valence-electron chi connectivity index (χ1n) is 4.87. The van der Waals surface area contributed by atoms with Gasteiger partial charge in [-0.3, -0.25) is 0 Å². The summed E-state index contributed by atoms with van der Waals surface area (Å²) in [6, 6.07) is 6.88. The summed E-state index contributed by atoms with van der Waals surface area (Å²) >= 11 is 0. The third kappa shape index (κ3) is 2.77.